The molecule has 122 valence electrons. The SMILES string of the molecule is C[C@H]1CCCC[C@H]1NC(=O)Cn1c(-c2ccccn2)noc1=O. The number of nitrogens with zero attached hydrogens (tertiary/aromatic N) is 3. The summed E-state index contributed by atoms with van der Waals surface area (Å²) in [6.07, 6.45) is 6.04. The summed E-state index contributed by atoms with van der Waals surface area (Å²) in [5, 5.41) is 6.76. The van der Waals surface area contributed by atoms with Gasteiger partial charge in [-0.25, -0.2) is 9.36 Å². The van der Waals surface area contributed by atoms with E-state index in [9.17, 15) is 9.59 Å². The molecule has 0 unspecified atom stereocenters. The molecule has 2 aromatic heterocycles. The summed E-state index contributed by atoms with van der Waals surface area (Å²) in [6, 6.07) is 5.44. The fourth-order valence-electron chi connectivity index (χ4n) is 3.01. The van der Waals surface area contributed by atoms with Crippen LogP contribution in [0.4, 0.5) is 0 Å². The number of hydrogen-bond donors (Lipinski definition) is 1. The van der Waals surface area contributed by atoms with Crippen LogP contribution in [0.5, 0.6) is 0 Å². The minimum atomic E-state index is -0.655. The van der Waals surface area contributed by atoms with Crippen LogP contribution in [0.2, 0.25) is 0 Å². The standard InChI is InChI=1S/C16H20N4O3/c1-11-6-2-3-7-12(11)18-14(21)10-20-15(19-23-16(20)22)13-8-4-5-9-17-13/h4-5,8-9,11-12H,2-3,6-7,10H2,1H3,(H,18,21)/t11-,12+/m0/s1. The Morgan fingerprint density at radius 2 is 2.22 bits per heavy atom. The maximum atomic E-state index is 12.3. The molecule has 2 atom stereocenters. The van der Waals surface area contributed by atoms with Gasteiger partial charge in [0.2, 0.25) is 11.7 Å². The highest BCUT2D eigenvalue weighted by atomic mass is 16.5. The Kier molecular flexibility index (Phi) is 4.55. The topological polar surface area (TPSA) is 90.0 Å². The van der Waals surface area contributed by atoms with Gasteiger partial charge in [0, 0.05) is 12.2 Å². The molecule has 7 heteroatoms. The van der Waals surface area contributed by atoms with Crippen molar-refractivity contribution in [3.8, 4) is 11.5 Å². The van der Waals surface area contributed by atoms with Gasteiger partial charge in [-0.3, -0.25) is 14.3 Å². The van der Waals surface area contributed by atoms with Gasteiger partial charge in [-0.1, -0.05) is 31.0 Å². The van der Waals surface area contributed by atoms with Crippen molar-refractivity contribution in [2.75, 3.05) is 0 Å². The van der Waals surface area contributed by atoms with Gasteiger partial charge in [0.25, 0.3) is 0 Å². The zero-order valence-corrected chi connectivity index (χ0v) is 13.1. The van der Waals surface area contributed by atoms with Gasteiger partial charge in [0.05, 0.1) is 0 Å². The molecule has 7 nitrogen and oxygen atoms in total. The molecule has 0 saturated heterocycles. The first-order valence-electron chi connectivity index (χ1n) is 7.92. The van der Waals surface area contributed by atoms with E-state index in [0.717, 1.165) is 19.3 Å². The van der Waals surface area contributed by atoms with Crippen molar-refractivity contribution in [1.29, 1.82) is 0 Å². The fraction of sp³-hybridized carbons (Fsp3) is 0.500. The third kappa shape index (κ3) is 3.49. The van der Waals surface area contributed by atoms with Crippen molar-refractivity contribution in [2.24, 2.45) is 5.92 Å². The number of carbonyl (C=O) groups excluding carboxylic acids is 1. The molecule has 1 aliphatic rings. The van der Waals surface area contributed by atoms with Gasteiger partial charge in [-0.2, -0.15) is 0 Å². The van der Waals surface area contributed by atoms with Crippen LogP contribution in [0.15, 0.2) is 33.7 Å². The van der Waals surface area contributed by atoms with Crippen LogP contribution < -0.4 is 11.1 Å². The largest absolute Gasteiger partial charge is 0.442 e. The molecule has 23 heavy (non-hydrogen) atoms. The first-order valence-corrected chi connectivity index (χ1v) is 7.92. The van der Waals surface area contributed by atoms with E-state index < -0.39 is 5.76 Å². The molecule has 0 aliphatic heterocycles. The molecular weight excluding hydrogens is 296 g/mol. The van der Waals surface area contributed by atoms with E-state index >= 15 is 0 Å². The molecule has 1 aliphatic carbocycles. The Labute approximate surface area is 133 Å². The summed E-state index contributed by atoms with van der Waals surface area (Å²) in [7, 11) is 0. The van der Waals surface area contributed by atoms with Gasteiger partial charge in [-0.05, 0) is 30.9 Å². The lowest BCUT2D eigenvalue weighted by molar-refractivity contribution is -0.123. The number of rotatable bonds is 4. The second-order valence-corrected chi connectivity index (χ2v) is 6.01. The van der Waals surface area contributed by atoms with Crippen molar-refractivity contribution in [2.45, 2.75) is 45.2 Å². The summed E-state index contributed by atoms with van der Waals surface area (Å²) in [5.41, 5.74) is 0.497. The first kappa shape index (κ1) is 15.5. The molecule has 2 aromatic rings. The molecular formula is C16H20N4O3. The lowest BCUT2D eigenvalue weighted by atomic mass is 9.86. The van der Waals surface area contributed by atoms with Crippen molar-refractivity contribution < 1.29 is 9.32 Å². The van der Waals surface area contributed by atoms with Crippen molar-refractivity contribution in [1.82, 2.24) is 20.0 Å². The minimum absolute atomic E-state index is 0.114. The normalized spacial score (nSPS) is 21.1. The molecule has 0 spiro atoms. The Morgan fingerprint density at radius 1 is 1.39 bits per heavy atom. The second kappa shape index (κ2) is 6.76. The van der Waals surface area contributed by atoms with E-state index in [1.165, 1.54) is 11.0 Å². The monoisotopic (exact) mass is 316 g/mol. The Balaban J connectivity index is 1.74. The van der Waals surface area contributed by atoms with Gasteiger partial charge in [0.15, 0.2) is 0 Å². The van der Waals surface area contributed by atoms with Crippen molar-refractivity contribution >= 4 is 5.91 Å². The number of pyridine rings is 1. The van der Waals surface area contributed by atoms with E-state index in [-0.39, 0.29) is 24.3 Å². The highest BCUT2D eigenvalue weighted by Gasteiger charge is 2.24. The third-order valence-electron chi connectivity index (χ3n) is 4.34. The van der Waals surface area contributed by atoms with Gasteiger partial charge in [-0.15, -0.1) is 0 Å². The highest BCUT2D eigenvalue weighted by molar-refractivity contribution is 5.76. The summed E-state index contributed by atoms with van der Waals surface area (Å²) >= 11 is 0. The fourth-order valence-corrected chi connectivity index (χ4v) is 3.01. The van der Waals surface area contributed by atoms with Crippen LogP contribution in [0, 0.1) is 5.92 Å². The van der Waals surface area contributed by atoms with Crippen LogP contribution in [-0.4, -0.2) is 26.7 Å². The minimum Gasteiger partial charge on any atom is -0.352 e. The van der Waals surface area contributed by atoms with E-state index in [4.69, 9.17) is 4.52 Å². The van der Waals surface area contributed by atoms with Crippen LogP contribution in [-0.2, 0) is 11.3 Å². The molecule has 1 fully saturated rings. The van der Waals surface area contributed by atoms with Crippen LogP contribution in [0.1, 0.15) is 32.6 Å². The average Bonchev–Trinajstić information content (AvgIpc) is 2.91. The Hall–Kier alpha value is -2.44. The predicted octanol–water partition coefficient (Wildman–Crippen LogP) is 1.59. The van der Waals surface area contributed by atoms with Gasteiger partial charge >= 0.3 is 5.76 Å². The molecule has 1 saturated carbocycles. The van der Waals surface area contributed by atoms with Gasteiger partial charge in [0.1, 0.15) is 12.2 Å². The van der Waals surface area contributed by atoms with Gasteiger partial charge < -0.3 is 5.32 Å². The Bertz CT molecular complexity index is 722. The van der Waals surface area contributed by atoms with E-state index in [1.54, 1.807) is 24.4 Å². The Morgan fingerprint density at radius 3 is 2.96 bits per heavy atom. The molecule has 0 bridgehead atoms. The molecule has 2 heterocycles. The molecule has 0 aromatic carbocycles. The lowest BCUT2D eigenvalue weighted by Crippen LogP contribution is -2.43. The lowest BCUT2D eigenvalue weighted by Gasteiger charge is -2.29. The maximum absolute atomic E-state index is 12.3. The number of nitrogens with one attached hydrogen (secondary N) is 1. The molecule has 3 rings (SSSR count). The number of carbonyl (C=O) groups is 1. The van der Waals surface area contributed by atoms with Crippen molar-refractivity contribution in [3.63, 3.8) is 0 Å². The summed E-state index contributed by atoms with van der Waals surface area (Å²) in [4.78, 5) is 28.3. The second-order valence-electron chi connectivity index (χ2n) is 6.01. The number of amides is 1. The summed E-state index contributed by atoms with van der Waals surface area (Å²) < 4.78 is 5.91. The van der Waals surface area contributed by atoms with Crippen molar-refractivity contribution in [3.05, 3.63) is 34.9 Å². The quantitative estimate of drug-likeness (QED) is 0.925. The predicted molar refractivity (Wildman–Crippen MR) is 83.6 cm³/mol. The molecule has 1 amide bonds. The third-order valence-corrected chi connectivity index (χ3v) is 4.34. The zero-order valence-electron chi connectivity index (χ0n) is 13.1. The smallest absolute Gasteiger partial charge is 0.352 e. The van der Waals surface area contributed by atoms with E-state index in [1.807, 2.05) is 0 Å². The zero-order chi connectivity index (χ0) is 16.2. The number of aromatic nitrogens is 3. The molecule has 1 N–H and O–H groups in total. The van der Waals surface area contributed by atoms with E-state index in [2.05, 4.69) is 22.4 Å². The molecule has 0 radical (unpaired) electrons. The maximum Gasteiger partial charge on any atom is 0.442 e. The average molecular weight is 316 g/mol. The van der Waals surface area contributed by atoms with Crippen LogP contribution in [0.25, 0.3) is 11.5 Å². The van der Waals surface area contributed by atoms with Crippen LogP contribution in [0.3, 0.4) is 0 Å². The highest BCUT2D eigenvalue weighted by Crippen LogP contribution is 2.23. The number of hydrogen-bond acceptors (Lipinski definition) is 5. The first-order chi connectivity index (χ1) is 11.1. The van der Waals surface area contributed by atoms with Crippen LogP contribution >= 0.6 is 0 Å². The summed E-state index contributed by atoms with van der Waals surface area (Å²) in [5.74, 6) is -0.131. The van der Waals surface area contributed by atoms with E-state index in [0.29, 0.717) is 11.6 Å². The summed E-state index contributed by atoms with van der Waals surface area (Å²) in [6.45, 7) is 2.03.